The van der Waals surface area contributed by atoms with Crippen molar-refractivity contribution in [1.29, 1.82) is 0 Å². The molecule has 0 aliphatic carbocycles. The molecule has 0 spiro atoms. The Morgan fingerprint density at radius 2 is 1.61 bits per heavy atom. The van der Waals surface area contributed by atoms with Crippen LogP contribution >= 0.6 is 15.9 Å². The van der Waals surface area contributed by atoms with E-state index in [9.17, 15) is 18.0 Å². The summed E-state index contributed by atoms with van der Waals surface area (Å²) >= 11 is 3.32. The van der Waals surface area contributed by atoms with Crippen molar-refractivity contribution in [3.8, 4) is 0 Å². The molecule has 2 rings (SSSR count). The number of hydrogen-bond donors (Lipinski definition) is 2. The van der Waals surface area contributed by atoms with Gasteiger partial charge in [-0.2, -0.15) is 13.2 Å². The van der Waals surface area contributed by atoms with Crippen molar-refractivity contribution >= 4 is 33.7 Å². The maximum Gasteiger partial charge on any atom is 0.416 e. The normalized spacial score (nSPS) is 11.5. The van der Waals surface area contributed by atoms with E-state index in [0.717, 1.165) is 22.2 Å². The average Bonchev–Trinajstić information content (AvgIpc) is 2.49. The fraction of sp³-hybridized carbons (Fsp3) is 0.0625. The lowest BCUT2D eigenvalue weighted by atomic mass is 10.2. The minimum Gasteiger partial charge on any atom is -0.314 e. The molecule has 2 amide bonds. The Kier molecular flexibility index (Phi) is 5.44. The number of urea groups is 1. The topological polar surface area (TPSA) is 41.1 Å². The molecule has 0 fully saturated rings. The number of hydrogen-bond acceptors (Lipinski definition) is 1. The Bertz CT molecular complexity index is 695. The van der Waals surface area contributed by atoms with Crippen LogP contribution in [0.1, 0.15) is 11.1 Å². The molecule has 0 bridgehead atoms. The van der Waals surface area contributed by atoms with E-state index >= 15 is 0 Å². The molecule has 0 unspecified atom stereocenters. The van der Waals surface area contributed by atoms with Crippen molar-refractivity contribution in [2.45, 2.75) is 6.18 Å². The van der Waals surface area contributed by atoms with Crippen LogP contribution in [0, 0.1) is 0 Å². The van der Waals surface area contributed by atoms with Crippen LogP contribution < -0.4 is 10.6 Å². The van der Waals surface area contributed by atoms with Crippen molar-refractivity contribution in [2.75, 3.05) is 5.32 Å². The molecule has 0 aliphatic heterocycles. The quantitative estimate of drug-likeness (QED) is 0.744. The lowest BCUT2D eigenvalue weighted by Gasteiger charge is -2.08. The molecule has 0 aliphatic rings. The number of nitrogens with one attached hydrogen (secondary N) is 2. The molecule has 2 N–H and O–H groups in total. The zero-order valence-corrected chi connectivity index (χ0v) is 13.3. The number of amides is 2. The first-order valence-corrected chi connectivity index (χ1v) is 7.31. The SMILES string of the molecule is O=C(N/C=C/c1ccc(Br)cc1)Nc1ccc(C(F)(F)F)cc1. The molecule has 2 aromatic carbocycles. The van der Waals surface area contributed by atoms with Crippen LogP contribution in [0.5, 0.6) is 0 Å². The number of alkyl halides is 3. The third-order valence-electron chi connectivity index (χ3n) is 2.83. The van der Waals surface area contributed by atoms with Gasteiger partial charge in [0.25, 0.3) is 0 Å². The summed E-state index contributed by atoms with van der Waals surface area (Å²) in [6, 6.07) is 11.1. The first-order valence-electron chi connectivity index (χ1n) is 6.51. The van der Waals surface area contributed by atoms with E-state index in [1.54, 1.807) is 6.08 Å². The fourth-order valence-electron chi connectivity index (χ4n) is 1.70. The number of halogens is 4. The molecular formula is C16H12BrF3N2O. The molecule has 0 radical (unpaired) electrons. The first-order chi connectivity index (χ1) is 10.8. The fourth-order valence-corrected chi connectivity index (χ4v) is 1.96. The molecule has 120 valence electrons. The summed E-state index contributed by atoms with van der Waals surface area (Å²) in [6.45, 7) is 0. The molecule has 0 atom stereocenters. The maximum absolute atomic E-state index is 12.4. The van der Waals surface area contributed by atoms with Crippen LogP contribution in [-0.4, -0.2) is 6.03 Å². The second-order valence-electron chi connectivity index (χ2n) is 4.56. The highest BCUT2D eigenvalue weighted by atomic mass is 79.9. The van der Waals surface area contributed by atoms with Gasteiger partial charge in [-0.1, -0.05) is 28.1 Å². The highest BCUT2D eigenvalue weighted by Crippen LogP contribution is 2.29. The van der Waals surface area contributed by atoms with E-state index in [1.807, 2.05) is 24.3 Å². The van der Waals surface area contributed by atoms with Gasteiger partial charge in [-0.05, 0) is 48.0 Å². The number of carbonyl (C=O) groups is 1. The van der Waals surface area contributed by atoms with Gasteiger partial charge in [0, 0.05) is 16.4 Å². The third kappa shape index (κ3) is 5.45. The zero-order valence-electron chi connectivity index (χ0n) is 11.7. The highest BCUT2D eigenvalue weighted by molar-refractivity contribution is 9.10. The predicted octanol–water partition coefficient (Wildman–Crippen LogP) is 5.26. The summed E-state index contributed by atoms with van der Waals surface area (Å²) in [7, 11) is 0. The van der Waals surface area contributed by atoms with Crippen LogP contribution in [0.25, 0.3) is 6.08 Å². The van der Waals surface area contributed by atoms with E-state index in [4.69, 9.17) is 0 Å². The largest absolute Gasteiger partial charge is 0.416 e. The number of rotatable bonds is 3. The zero-order chi connectivity index (χ0) is 16.9. The monoisotopic (exact) mass is 384 g/mol. The van der Waals surface area contributed by atoms with Crippen LogP contribution in [-0.2, 0) is 6.18 Å². The van der Waals surface area contributed by atoms with Gasteiger partial charge in [0.15, 0.2) is 0 Å². The van der Waals surface area contributed by atoms with Gasteiger partial charge in [0.1, 0.15) is 0 Å². The van der Waals surface area contributed by atoms with E-state index in [1.165, 1.54) is 18.3 Å². The molecule has 2 aromatic rings. The smallest absolute Gasteiger partial charge is 0.314 e. The lowest BCUT2D eigenvalue weighted by Crippen LogP contribution is -2.23. The van der Waals surface area contributed by atoms with Crippen molar-refractivity contribution < 1.29 is 18.0 Å². The van der Waals surface area contributed by atoms with Crippen LogP contribution in [0.15, 0.2) is 59.2 Å². The van der Waals surface area contributed by atoms with Crippen molar-refractivity contribution in [1.82, 2.24) is 5.32 Å². The van der Waals surface area contributed by atoms with Gasteiger partial charge in [-0.15, -0.1) is 0 Å². The number of benzene rings is 2. The minimum absolute atomic E-state index is 0.271. The summed E-state index contributed by atoms with van der Waals surface area (Å²) in [4.78, 5) is 11.6. The summed E-state index contributed by atoms with van der Waals surface area (Å²) in [5.74, 6) is 0. The van der Waals surface area contributed by atoms with E-state index in [2.05, 4.69) is 26.6 Å². The van der Waals surface area contributed by atoms with Crippen molar-refractivity contribution in [3.63, 3.8) is 0 Å². The molecule has 0 saturated carbocycles. The summed E-state index contributed by atoms with van der Waals surface area (Å²) in [6.07, 6.45) is -1.25. The summed E-state index contributed by atoms with van der Waals surface area (Å²) in [5, 5.41) is 4.91. The van der Waals surface area contributed by atoms with E-state index in [-0.39, 0.29) is 5.69 Å². The molecule has 0 saturated heterocycles. The highest BCUT2D eigenvalue weighted by Gasteiger charge is 2.29. The second-order valence-corrected chi connectivity index (χ2v) is 5.47. The molecule has 23 heavy (non-hydrogen) atoms. The van der Waals surface area contributed by atoms with Crippen molar-refractivity contribution in [3.05, 3.63) is 70.3 Å². The second kappa shape index (κ2) is 7.32. The van der Waals surface area contributed by atoms with E-state index < -0.39 is 17.8 Å². The van der Waals surface area contributed by atoms with Crippen molar-refractivity contribution in [2.24, 2.45) is 0 Å². The Morgan fingerprint density at radius 1 is 1.00 bits per heavy atom. The van der Waals surface area contributed by atoms with Crippen LogP contribution in [0.4, 0.5) is 23.7 Å². The van der Waals surface area contributed by atoms with Gasteiger partial charge >= 0.3 is 12.2 Å². The minimum atomic E-state index is -4.39. The van der Waals surface area contributed by atoms with E-state index in [0.29, 0.717) is 0 Å². The lowest BCUT2D eigenvalue weighted by molar-refractivity contribution is -0.137. The first kappa shape index (κ1) is 17.1. The Balaban J connectivity index is 1.88. The van der Waals surface area contributed by atoms with Gasteiger partial charge in [0.2, 0.25) is 0 Å². The molecule has 0 aromatic heterocycles. The molecule has 3 nitrogen and oxygen atoms in total. The molecule has 7 heteroatoms. The van der Waals surface area contributed by atoms with Gasteiger partial charge in [-0.25, -0.2) is 4.79 Å². The average molecular weight is 385 g/mol. The van der Waals surface area contributed by atoms with Crippen LogP contribution in [0.3, 0.4) is 0 Å². The summed E-state index contributed by atoms with van der Waals surface area (Å²) in [5.41, 5.74) is 0.397. The standard InChI is InChI=1S/C16H12BrF3N2O/c17-13-5-1-11(2-6-13)9-10-21-15(23)22-14-7-3-12(4-8-14)16(18,19)20/h1-10H,(H2,21,22,23)/b10-9+. The third-order valence-corrected chi connectivity index (χ3v) is 3.36. The number of carbonyl (C=O) groups excluding carboxylic acids is 1. The van der Waals surface area contributed by atoms with Gasteiger partial charge in [0.05, 0.1) is 5.56 Å². The Hall–Kier alpha value is -2.28. The Labute approximate surface area is 139 Å². The van der Waals surface area contributed by atoms with Crippen LogP contribution in [0.2, 0.25) is 0 Å². The summed E-state index contributed by atoms with van der Waals surface area (Å²) < 4.78 is 38.2. The number of anilines is 1. The van der Waals surface area contributed by atoms with Gasteiger partial charge < -0.3 is 10.6 Å². The van der Waals surface area contributed by atoms with Gasteiger partial charge in [-0.3, -0.25) is 0 Å². The Morgan fingerprint density at radius 3 is 2.17 bits per heavy atom. The molecule has 0 heterocycles. The maximum atomic E-state index is 12.4. The predicted molar refractivity (Wildman–Crippen MR) is 86.8 cm³/mol. The molecular weight excluding hydrogens is 373 g/mol.